The van der Waals surface area contributed by atoms with Crippen LogP contribution in [0, 0.1) is 18.3 Å². The van der Waals surface area contributed by atoms with E-state index in [0.717, 1.165) is 21.0 Å². The summed E-state index contributed by atoms with van der Waals surface area (Å²) in [5.74, 6) is 0. The van der Waals surface area contributed by atoms with Gasteiger partial charge in [0.25, 0.3) is 0 Å². The maximum absolute atomic E-state index is 8.66. The minimum atomic E-state index is 0.447. The molecule has 2 rings (SSSR count). The molecule has 0 aliphatic rings. The van der Waals surface area contributed by atoms with Gasteiger partial charge in [-0.25, -0.2) is 0 Å². The molecule has 0 aliphatic heterocycles. The number of oxime groups is 1. The second-order valence-corrected chi connectivity index (χ2v) is 5.70. The van der Waals surface area contributed by atoms with Gasteiger partial charge in [-0.1, -0.05) is 35.0 Å². The first-order valence-corrected chi connectivity index (χ1v) is 7.19. The highest BCUT2D eigenvalue weighted by Gasteiger charge is 2.03. The third-order valence-corrected chi connectivity index (χ3v) is 4.02. The molecule has 0 bridgehead atoms. The van der Waals surface area contributed by atoms with Crippen LogP contribution in [0.3, 0.4) is 0 Å². The quantitative estimate of drug-likeness (QED) is 0.614. The third-order valence-electron chi connectivity index (χ3n) is 2.82. The number of nitriles is 1. The van der Waals surface area contributed by atoms with Crippen LogP contribution in [0.1, 0.15) is 27.8 Å². The van der Waals surface area contributed by atoms with Gasteiger partial charge in [-0.2, -0.15) is 5.26 Å². The van der Waals surface area contributed by atoms with E-state index in [1.807, 2.05) is 31.2 Å². The van der Waals surface area contributed by atoms with Crippen LogP contribution in [0.2, 0.25) is 0 Å². The Morgan fingerprint density at radius 2 is 2.00 bits per heavy atom. The van der Waals surface area contributed by atoms with E-state index in [4.69, 9.17) is 10.1 Å². The summed E-state index contributed by atoms with van der Waals surface area (Å²) in [5, 5.41) is 12.8. The normalized spacial score (nSPS) is 11.2. The van der Waals surface area contributed by atoms with Crippen molar-refractivity contribution in [2.75, 3.05) is 0 Å². The highest BCUT2D eigenvalue weighted by Crippen LogP contribution is 2.18. The highest BCUT2D eigenvalue weighted by molar-refractivity contribution is 7.14. The maximum atomic E-state index is 8.66. The Balaban J connectivity index is 1.93. The number of hydrogen-bond acceptors (Lipinski definition) is 4. The summed E-state index contributed by atoms with van der Waals surface area (Å²) < 4.78 is 0. The minimum Gasteiger partial charge on any atom is -0.391 e. The first kappa shape index (κ1) is 14.3. The SMILES string of the molecule is CC(=NOCc1ccc(C)cc1)c1ccc(CC#N)s1. The van der Waals surface area contributed by atoms with Crippen LogP contribution in [0.4, 0.5) is 0 Å². The van der Waals surface area contributed by atoms with Crippen LogP contribution in [0.5, 0.6) is 0 Å². The van der Waals surface area contributed by atoms with Crippen molar-refractivity contribution < 1.29 is 4.84 Å². The molecular formula is C16H16N2OS. The van der Waals surface area contributed by atoms with Gasteiger partial charge in [0, 0.05) is 4.88 Å². The van der Waals surface area contributed by atoms with Crippen molar-refractivity contribution in [3.05, 3.63) is 57.3 Å². The number of hydrogen-bond donors (Lipinski definition) is 0. The fourth-order valence-electron chi connectivity index (χ4n) is 1.68. The molecule has 0 N–H and O–H groups in total. The molecule has 0 saturated carbocycles. The van der Waals surface area contributed by atoms with E-state index in [1.54, 1.807) is 11.3 Å². The number of thiophene rings is 1. The van der Waals surface area contributed by atoms with Crippen LogP contribution < -0.4 is 0 Å². The van der Waals surface area contributed by atoms with Crippen LogP contribution in [-0.4, -0.2) is 5.71 Å². The van der Waals surface area contributed by atoms with Gasteiger partial charge in [0.05, 0.1) is 23.1 Å². The monoisotopic (exact) mass is 284 g/mol. The van der Waals surface area contributed by atoms with Gasteiger partial charge in [-0.3, -0.25) is 0 Å². The second kappa shape index (κ2) is 6.88. The maximum Gasteiger partial charge on any atom is 0.142 e. The van der Waals surface area contributed by atoms with E-state index in [1.165, 1.54) is 5.56 Å². The van der Waals surface area contributed by atoms with Crippen LogP contribution in [0.15, 0.2) is 41.6 Å². The first-order valence-electron chi connectivity index (χ1n) is 6.37. The second-order valence-electron chi connectivity index (χ2n) is 4.54. The van der Waals surface area contributed by atoms with E-state index in [2.05, 4.69) is 30.3 Å². The smallest absolute Gasteiger partial charge is 0.142 e. The predicted octanol–water partition coefficient (Wildman–Crippen LogP) is 4.06. The van der Waals surface area contributed by atoms with Crippen molar-refractivity contribution >= 4 is 17.0 Å². The Morgan fingerprint density at radius 1 is 1.25 bits per heavy atom. The van der Waals surface area contributed by atoms with Gasteiger partial charge in [-0.15, -0.1) is 11.3 Å². The lowest BCUT2D eigenvalue weighted by Crippen LogP contribution is -1.94. The lowest BCUT2D eigenvalue weighted by atomic mass is 10.2. The van der Waals surface area contributed by atoms with Gasteiger partial charge in [0.1, 0.15) is 6.61 Å². The fourth-order valence-corrected chi connectivity index (χ4v) is 2.55. The number of aryl methyl sites for hydroxylation is 1. The average Bonchev–Trinajstić information content (AvgIpc) is 2.90. The fraction of sp³-hybridized carbons (Fsp3) is 0.250. The van der Waals surface area contributed by atoms with E-state index in [-0.39, 0.29) is 0 Å². The number of benzene rings is 1. The summed E-state index contributed by atoms with van der Waals surface area (Å²) >= 11 is 1.58. The molecular weight excluding hydrogens is 268 g/mol. The number of rotatable bonds is 5. The topological polar surface area (TPSA) is 45.4 Å². The highest BCUT2D eigenvalue weighted by atomic mass is 32.1. The van der Waals surface area contributed by atoms with Crippen molar-refractivity contribution in [3.63, 3.8) is 0 Å². The molecule has 0 saturated heterocycles. The Morgan fingerprint density at radius 3 is 2.70 bits per heavy atom. The molecule has 0 unspecified atom stereocenters. The zero-order chi connectivity index (χ0) is 14.4. The zero-order valence-corrected chi connectivity index (χ0v) is 12.4. The molecule has 0 spiro atoms. The van der Waals surface area contributed by atoms with E-state index >= 15 is 0 Å². The van der Waals surface area contributed by atoms with Crippen LogP contribution >= 0.6 is 11.3 Å². The molecule has 20 heavy (non-hydrogen) atoms. The molecule has 3 nitrogen and oxygen atoms in total. The summed E-state index contributed by atoms with van der Waals surface area (Å²) in [7, 11) is 0. The van der Waals surface area contributed by atoms with Crippen molar-refractivity contribution in [3.8, 4) is 6.07 Å². The molecule has 1 aromatic heterocycles. The lowest BCUT2D eigenvalue weighted by molar-refractivity contribution is 0.130. The van der Waals surface area contributed by atoms with Gasteiger partial charge >= 0.3 is 0 Å². The van der Waals surface area contributed by atoms with Crippen LogP contribution in [-0.2, 0) is 17.9 Å². The zero-order valence-electron chi connectivity index (χ0n) is 11.6. The van der Waals surface area contributed by atoms with Crippen molar-refractivity contribution in [1.29, 1.82) is 5.26 Å². The summed E-state index contributed by atoms with van der Waals surface area (Å²) in [6.45, 7) is 4.44. The molecule has 4 heteroatoms. The molecule has 0 fully saturated rings. The van der Waals surface area contributed by atoms with Gasteiger partial charge in [-0.05, 0) is 31.5 Å². The summed E-state index contributed by atoms with van der Waals surface area (Å²) in [5.41, 5.74) is 3.17. The molecule has 2 aromatic rings. The van der Waals surface area contributed by atoms with E-state index in [0.29, 0.717) is 13.0 Å². The van der Waals surface area contributed by atoms with Crippen LogP contribution in [0.25, 0.3) is 0 Å². The molecule has 0 aliphatic carbocycles. The Bertz CT molecular complexity index is 635. The molecule has 1 heterocycles. The lowest BCUT2D eigenvalue weighted by Gasteiger charge is -2.02. The Labute approximate surface area is 123 Å². The van der Waals surface area contributed by atoms with E-state index in [9.17, 15) is 0 Å². The standard InChI is InChI=1S/C16H16N2OS/c1-12-3-5-14(6-4-12)11-19-18-13(2)16-8-7-15(20-16)9-10-17/h3-8H,9,11H2,1-2H3. The minimum absolute atomic E-state index is 0.447. The molecule has 102 valence electrons. The largest absolute Gasteiger partial charge is 0.391 e. The molecule has 0 atom stereocenters. The summed E-state index contributed by atoms with van der Waals surface area (Å²) in [6, 6.07) is 14.3. The van der Waals surface area contributed by atoms with Crippen molar-refractivity contribution in [1.82, 2.24) is 0 Å². The van der Waals surface area contributed by atoms with Crippen molar-refractivity contribution in [2.45, 2.75) is 26.9 Å². The van der Waals surface area contributed by atoms with Crippen molar-refractivity contribution in [2.24, 2.45) is 5.16 Å². The molecule has 0 amide bonds. The number of nitrogens with zero attached hydrogens (tertiary/aromatic N) is 2. The Hall–Kier alpha value is -2.12. The van der Waals surface area contributed by atoms with Gasteiger partial charge < -0.3 is 4.84 Å². The van der Waals surface area contributed by atoms with Gasteiger partial charge in [0.15, 0.2) is 0 Å². The first-order chi connectivity index (χ1) is 9.69. The molecule has 0 radical (unpaired) electrons. The Kier molecular flexibility index (Phi) is 4.91. The van der Waals surface area contributed by atoms with E-state index < -0.39 is 0 Å². The average molecular weight is 284 g/mol. The summed E-state index contributed by atoms with van der Waals surface area (Å²) in [6.07, 6.45) is 0.447. The predicted molar refractivity (Wildman–Crippen MR) is 81.8 cm³/mol. The van der Waals surface area contributed by atoms with Gasteiger partial charge in [0.2, 0.25) is 0 Å². The molecule has 1 aromatic carbocycles. The third kappa shape index (κ3) is 3.94. The summed E-state index contributed by atoms with van der Waals surface area (Å²) in [4.78, 5) is 7.47.